The summed E-state index contributed by atoms with van der Waals surface area (Å²) < 4.78 is 4.68. The van der Waals surface area contributed by atoms with Gasteiger partial charge in [-0.1, -0.05) is 23.2 Å². The van der Waals surface area contributed by atoms with E-state index in [0.717, 1.165) is 0 Å². The number of carbonyl (C=O) groups is 1. The van der Waals surface area contributed by atoms with Crippen LogP contribution in [0.25, 0.3) is 0 Å². The first kappa shape index (κ1) is 18.8. The van der Waals surface area contributed by atoms with Crippen molar-refractivity contribution in [1.29, 1.82) is 0 Å². The van der Waals surface area contributed by atoms with Gasteiger partial charge in [0.25, 0.3) is 0 Å². The topological polar surface area (TPSA) is 102 Å². The fourth-order valence-electron chi connectivity index (χ4n) is 2.30. The quantitative estimate of drug-likeness (QED) is 0.533. The third kappa shape index (κ3) is 4.58. The van der Waals surface area contributed by atoms with Crippen molar-refractivity contribution in [3.63, 3.8) is 0 Å². The lowest BCUT2D eigenvalue weighted by Gasteiger charge is -2.13. The van der Waals surface area contributed by atoms with E-state index in [9.17, 15) is 4.79 Å². The highest BCUT2D eigenvalue weighted by molar-refractivity contribution is 6.35. The van der Waals surface area contributed by atoms with Crippen molar-refractivity contribution in [1.82, 2.24) is 9.97 Å². The summed E-state index contributed by atoms with van der Waals surface area (Å²) in [7, 11) is 1.33. The number of carbonyl (C=O) groups excluding carboxylic acids is 1. The van der Waals surface area contributed by atoms with Crippen molar-refractivity contribution in [2.75, 3.05) is 23.5 Å². The summed E-state index contributed by atoms with van der Waals surface area (Å²) in [4.78, 5) is 19.8. The normalized spacial score (nSPS) is 10.3. The number of benzene rings is 2. The number of nitrogen functional groups attached to an aromatic ring is 1. The van der Waals surface area contributed by atoms with E-state index in [-0.39, 0.29) is 0 Å². The van der Waals surface area contributed by atoms with Gasteiger partial charge in [-0.05, 0) is 42.5 Å². The van der Waals surface area contributed by atoms with Crippen LogP contribution in [0, 0.1) is 0 Å². The molecule has 0 saturated heterocycles. The lowest BCUT2D eigenvalue weighted by atomic mass is 10.2. The van der Waals surface area contributed by atoms with Gasteiger partial charge in [0.15, 0.2) is 11.6 Å². The maximum atomic E-state index is 11.5. The van der Waals surface area contributed by atoms with Gasteiger partial charge < -0.3 is 21.1 Å². The van der Waals surface area contributed by atoms with Gasteiger partial charge in [-0.25, -0.2) is 14.8 Å². The number of aromatic nitrogens is 2. The lowest BCUT2D eigenvalue weighted by Crippen LogP contribution is -2.05. The van der Waals surface area contributed by atoms with Crippen LogP contribution in [0.5, 0.6) is 0 Å². The molecule has 2 aromatic carbocycles. The molecule has 1 heterocycles. The molecule has 3 rings (SSSR count). The number of anilines is 5. The number of nitrogens with two attached hydrogens (primary N) is 1. The molecule has 0 amide bonds. The van der Waals surface area contributed by atoms with Crippen LogP contribution < -0.4 is 16.4 Å². The molecule has 0 aliphatic rings. The van der Waals surface area contributed by atoms with Crippen molar-refractivity contribution in [3.8, 4) is 0 Å². The average molecular weight is 404 g/mol. The Bertz CT molecular complexity index is 960. The molecule has 0 bridgehead atoms. The van der Waals surface area contributed by atoms with Crippen LogP contribution in [0.15, 0.2) is 48.8 Å². The highest BCUT2D eigenvalue weighted by atomic mass is 35.5. The first-order chi connectivity index (χ1) is 13.0. The predicted molar refractivity (Wildman–Crippen MR) is 107 cm³/mol. The van der Waals surface area contributed by atoms with Gasteiger partial charge in [-0.15, -0.1) is 0 Å². The molecule has 0 radical (unpaired) electrons. The van der Waals surface area contributed by atoms with E-state index < -0.39 is 5.97 Å². The molecule has 1 aromatic heterocycles. The van der Waals surface area contributed by atoms with Crippen LogP contribution in [-0.2, 0) is 4.74 Å². The van der Waals surface area contributed by atoms with Crippen molar-refractivity contribution >= 4 is 57.9 Å². The molecule has 0 aliphatic carbocycles. The SMILES string of the molecule is COC(=O)c1ccc(Nc2ncnc(Nc3cc(Cl)cc(Cl)c3)c2N)cc1. The van der Waals surface area contributed by atoms with Gasteiger partial charge in [-0.2, -0.15) is 0 Å². The second kappa shape index (κ2) is 8.11. The summed E-state index contributed by atoms with van der Waals surface area (Å²) in [6, 6.07) is 11.7. The number of esters is 1. The summed E-state index contributed by atoms with van der Waals surface area (Å²) in [5.41, 5.74) is 8.26. The predicted octanol–water partition coefficient (Wildman–Crippen LogP) is 4.64. The first-order valence-electron chi connectivity index (χ1n) is 7.75. The molecule has 138 valence electrons. The van der Waals surface area contributed by atoms with Crippen molar-refractivity contribution < 1.29 is 9.53 Å². The molecule has 4 N–H and O–H groups in total. The zero-order valence-corrected chi connectivity index (χ0v) is 15.7. The number of hydrogen-bond acceptors (Lipinski definition) is 7. The lowest BCUT2D eigenvalue weighted by molar-refractivity contribution is 0.0601. The molecule has 0 aliphatic heterocycles. The number of nitrogens with one attached hydrogen (secondary N) is 2. The van der Waals surface area contributed by atoms with Crippen LogP contribution in [0.1, 0.15) is 10.4 Å². The molecule has 0 spiro atoms. The molecule has 7 nitrogen and oxygen atoms in total. The highest BCUT2D eigenvalue weighted by Crippen LogP contribution is 2.30. The summed E-state index contributed by atoms with van der Waals surface area (Å²) in [5.74, 6) is 0.401. The molecular weight excluding hydrogens is 389 g/mol. The molecule has 9 heteroatoms. The molecule has 3 aromatic rings. The maximum Gasteiger partial charge on any atom is 0.337 e. The Hall–Kier alpha value is -3.03. The fourth-order valence-corrected chi connectivity index (χ4v) is 2.83. The van der Waals surface area contributed by atoms with Gasteiger partial charge in [-0.3, -0.25) is 0 Å². The number of hydrogen-bond donors (Lipinski definition) is 3. The van der Waals surface area contributed by atoms with Crippen molar-refractivity contribution in [3.05, 3.63) is 64.4 Å². The Balaban J connectivity index is 1.81. The van der Waals surface area contributed by atoms with Gasteiger partial charge >= 0.3 is 5.97 Å². The third-order valence-electron chi connectivity index (χ3n) is 3.58. The van der Waals surface area contributed by atoms with Crippen molar-refractivity contribution in [2.24, 2.45) is 0 Å². The van der Waals surface area contributed by atoms with Gasteiger partial charge in [0.2, 0.25) is 0 Å². The van der Waals surface area contributed by atoms with Gasteiger partial charge in [0.05, 0.1) is 12.7 Å². The van der Waals surface area contributed by atoms with E-state index in [1.165, 1.54) is 13.4 Å². The highest BCUT2D eigenvalue weighted by Gasteiger charge is 2.10. The first-order valence-corrected chi connectivity index (χ1v) is 8.51. The Labute approximate surface area is 165 Å². The summed E-state index contributed by atoms with van der Waals surface area (Å²) in [5, 5.41) is 7.13. The summed E-state index contributed by atoms with van der Waals surface area (Å²) in [6.45, 7) is 0. The number of methoxy groups -OCH3 is 1. The molecule has 27 heavy (non-hydrogen) atoms. The number of halogens is 2. The molecule has 0 unspecified atom stereocenters. The van der Waals surface area contributed by atoms with Crippen molar-refractivity contribution in [2.45, 2.75) is 0 Å². The van der Waals surface area contributed by atoms with Crippen LogP contribution in [0.3, 0.4) is 0 Å². The Morgan fingerprint density at radius 1 is 0.963 bits per heavy atom. The van der Waals surface area contributed by atoms with E-state index in [0.29, 0.717) is 44.3 Å². The van der Waals surface area contributed by atoms with Crippen LogP contribution in [-0.4, -0.2) is 23.0 Å². The second-order valence-electron chi connectivity index (χ2n) is 5.46. The minimum absolute atomic E-state index is 0.311. The fraction of sp³-hybridized carbons (Fsp3) is 0.0556. The molecule has 0 atom stereocenters. The number of rotatable bonds is 5. The number of nitrogens with zero attached hydrogens (tertiary/aromatic N) is 2. The zero-order valence-electron chi connectivity index (χ0n) is 14.2. The Morgan fingerprint density at radius 3 is 2.07 bits per heavy atom. The van der Waals surface area contributed by atoms with Crippen LogP contribution in [0.4, 0.5) is 28.7 Å². The smallest absolute Gasteiger partial charge is 0.337 e. The molecular formula is C18H15Cl2N5O2. The maximum absolute atomic E-state index is 11.5. The minimum atomic E-state index is -0.408. The van der Waals surface area contributed by atoms with Gasteiger partial charge in [0, 0.05) is 21.4 Å². The van der Waals surface area contributed by atoms with E-state index in [4.69, 9.17) is 28.9 Å². The Morgan fingerprint density at radius 2 is 1.52 bits per heavy atom. The number of ether oxygens (including phenoxy) is 1. The van der Waals surface area contributed by atoms with Crippen LogP contribution >= 0.6 is 23.2 Å². The second-order valence-corrected chi connectivity index (χ2v) is 6.33. The van der Waals surface area contributed by atoms with E-state index >= 15 is 0 Å². The van der Waals surface area contributed by atoms with E-state index in [2.05, 4.69) is 25.3 Å². The monoisotopic (exact) mass is 403 g/mol. The molecule has 0 saturated carbocycles. The van der Waals surface area contributed by atoms with Crippen LogP contribution in [0.2, 0.25) is 10.0 Å². The van der Waals surface area contributed by atoms with Gasteiger partial charge in [0.1, 0.15) is 12.0 Å². The summed E-state index contributed by atoms with van der Waals surface area (Å²) >= 11 is 12.0. The zero-order chi connectivity index (χ0) is 19.4. The third-order valence-corrected chi connectivity index (χ3v) is 4.01. The molecule has 0 fully saturated rings. The average Bonchev–Trinajstić information content (AvgIpc) is 2.64. The standard InChI is InChI=1S/C18H15Cl2N5O2/c1-27-18(26)10-2-4-13(5-3-10)24-16-15(21)17(23-9-22-16)25-14-7-11(19)6-12(20)8-14/h2-9H,21H2,1H3,(H2,22,23,24,25). The van der Waals surface area contributed by atoms with E-state index in [1.807, 2.05) is 0 Å². The largest absolute Gasteiger partial charge is 0.465 e. The summed E-state index contributed by atoms with van der Waals surface area (Å²) in [6.07, 6.45) is 1.37. The minimum Gasteiger partial charge on any atom is -0.465 e. The Kier molecular flexibility index (Phi) is 5.63. The van der Waals surface area contributed by atoms with E-state index in [1.54, 1.807) is 42.5 Å².